The number of carbonyl (C=O) groups excluding carboxylic acids is 1. The molecule has 0 bridgehead atoms. The van der Waals surface area contributed by atoms with E-state index < -0.39 is 6.29 Å². The number of thioether (sulfide) groups is 1. The van der Waals surface area contributed by atoms with Gasteiger partial charge in [-0.3, -0.25) is 4.79 Å². The lowest BCUT2D eigenvalue weighted by atomic mass is 10.4. The number of carbonyl (C=O) groups is 1. The van der Waals surface area contributed by atoms with E-state index in [0.717, 1.165) is 0 Å². The summed E-state index contributed by atoms with van der Waals surface area (Å²) >= 11 is 1.23. The summed E-state index contributed by atoms with van der Waals surface area (Å²) in [5.74, 6) is 2.18. The van der Waals surface area contributed by atoms with Crippen molar-refractivity contribution in [2.45, 2.75) is 30.2 Å². The summed E-state index contributed by atoms with van der Waals surface area (Å²) in [7, 11) is 3.06. The highest BCUT2D eigenvalue weighted by molar-refractivity contribution is 8.00. The number of terminal acetylenes is 1. The van der Waals surface area contributed by atoms with Crippen LogP contribution in [-0.4, -0.2) is 58.4 Å². The Hall–Kier alpha value is -1.63. The van der Waals surface area contributed by atoms with E-state index in [2.05, 4.69) is 26.8 Å². The maximum absolute atomic E-state index is 11.7. The summed E-state index contributed by atoms with van der Waals surface area (Å²) in [5, 5.41) is 14.0. The van der Waals surface area contributed by atoms with Gasteiger partial charge in [0.2, 0.25) is 11.1 Å². The molecule has 1 N–H and O–H groups in total. The molecule has 0 saturated heterocycles. The largest absolute Gasteiger partial charge is 0.354 e. The number of hydrogen-bond donors (Lipinski definition) is 1. The van der Waals surface area contributed by atoms with Crippen molar-refractivity contribution in [2.75, 3.05) is 20.8 Å². The molecule has 0 aliphatic rings. The fourth-order valence-electron chi connectivity index (χ4n) is 1.28. The molecule has 1 unspecified atom stereocenters. The summed E-state index contributed by atoms with van der Waals surface area (Å²) in [4.78, 5) is 11.7. The molecule has 1 heterocycles. The molecule has 0 radical (unpaired) electrons. The summed E-state index contributed by atoms with van der Waals surface area (Å²) in [6.45, 7) is 2.28. The van der Waals surface area contributed by atoms with E-state index in [1.807, 2.05) is 0 Å². The Labute approximate surface area is 121 Å². The second-order valence-electron chi connectivity index (χ2n) is 3.73. The first kappa shape index (κ1) is 16.4. The smallest absolute Gasteiger partial charge is 0.234 e. The summed E-state index contributed by atoms with van der Waals surface area (Å²) in [5.41, 5.74) is 0. The van der Waals surface area contributed by atoms with Crippen LogP contribution in [-0.2, 0) is 20.8 Å². The monoisotopic (exact) mass is 299 g/mol. The molecule has 0 aliphatic heterocycles. The van der Waals surface area contributed by atoms with Crippen LogP contribution >= 0.6 is 11.8 Å². The molecule has 20 heavy (non-hydrogen) atoms. The fourth-order valence-corrected chi connectivity index (χ4v) is 2.10. The normalized spacial score (nSPS) is 12.2. The lowest BCUT2D eigenvalue weighted by Crippen LogP contribution is -2.31. The molecule has 0 spiro atoms. The van der Waals surface area contributed by atoms with E-state index >= 15 is 0 Å². The third kappa shape index (κ3) is 4.80. The topological polar surface area (TPSA) is 91.2 Å². The van der Waals surface area contributed by atoms with Crippen molar-refractivity contribution in [1.82, 2.24) is 25.5 Å². The molecule has 0 aromatic carbocycles. The van der Waals surface area contributed by atoms with Crippen molar-refractivity contribution in [3.63, 3.8) is 0 Å². The Bertz CT molecular complexity index is 469. The predicted molar refractivity (Wildman–Crippen MR) is 72.8 cm³/mol. The van der Waals surface area contributed by atoms with E-state index in [-0.39, 0.29) is 17.7 Å². The molecule has 0 aliphatic carbocycles. The fraction of sp³-hybridized carbons (Fsp3) is 0.636. The Balaban J connectivity index is 2.62. The molecule has 110 valence electrons. The van der Waals surface area contributed by atoms with Crippen LogP contribution in [0.3, 0.4) is 0 Å². The van der Waals surface area contributed by atoms with E-state index in [1.54, 1.807) is 6.92 Å². The quantitative estimate of drug-likeness (QED) is 0.394. The Morgan fingerprint density at radius 1 is 1.55 bits per heavy atom. The van der Waals surface area contributed by atoms with Crippen LogP contribution in [0.15, 0.2) is 5.16 Å². The number of tetrazole rings is 1. The first-order valence-electron chi connectivity index (χ1n) is 5.82. The number of amides is 1. The first-order valence-corrected chi connectivity index (χ1v) is 6.70. The van der Waals surface area contributed by atoms with E-state index in [9.17, 15) is 4.79 Å². The Morgan fingerprint density at radius 2 is 2.25 bits per heavy atom. The van der Waals surface area contributed by atoms with Crippen LogP contribution in [0.1, 0.15) is 6.92 Å². The van der Waals surface area contributed by atoms with Gasteiger partial charge in [-0.15, -0.1) is 11.5 Å². The molecular formula is C11H17N5O3S. The zero-order valence-electron chi connectivity index (χ0n) is 11.6. The van der Waals surface area contributed by atoms with Crippen LogP contribution in [0, 0.1) is 12.3 Å². The average molecular weight is 299 g/mol. The summed E-state index contributed by atoms with van der Waals surface area (Å²) in [6.07, 6.45) is 4.63. The molecule has 1 aromatic heterocycles. The van der Waals surface area contributed by atoms with Crippen molar-refractivity contribution in [3.8, 4) is 12.3 Å². The van der Waals surface area contributed by atoms with E-state index in [0.29, 0.717) is 11.7 Å². The van der Waals surface area contributed by atoms with Gasteiger partial charge in [-0.25, -0.2) is 4.68 Å². The number of hydrogen-bond acceptors (Lipinski definition) is 7. The summed E-state index contributed by atoms with van der Waals surface area (Å²) in [6, 6.07) is 0. The lowest BCUT2D eigenvalue weighted by Gasteiger charge is -2.14. The van der Waals surface area contributed by atoms with Crippen LogP contribution < -0.4 is 5.32 Å². The number of nitrogens with zero attached hydrogens (tertiary/aromatic N) is 4. The van der Waals surface area contributed by atoms with Crippen molar-refractivity contribution < 1.29 is 14.3 Å². The Kier molecular flexibility index (Phi) is 7.00. The van der Waals surface area contributed by atoms with Gasteiger partial charge in [0.05, 0.1) is 18.3 Å². The minimum atomic E-state index is -0.455. The van der Waals surface area contributed by atoms with E-state index in [4.69, 9.17) is 15.9 Å². The van der Waals surface area contributed by atoms with Crippen molar-refractivity contribution in [1.29, 1.82) is 0 Å². The SMILES string of the molecule is C#CCNC(=O)C(C)Sc1nnnn1CC(OC)OC. The van der Waals surface area contributed by atoms with Crippen molar-refractivity contribution >= 4 is 17.7 Å². The lowest BCUT2D eigenvalue weighted by molar-refractivity contribution is -0.120. The molecule has 1 amide bonds. The highest BCUT2D eigenvalue weighted by Gasteiger charge is 2.19. The predicted octanol–water partition coefficient (Wildman–Crippen LogP) is -0.478. The molecule has 1 aromatic rings. The molecule has 0 saturated carbocycles. The molecular weight excluding hydrogens is 282 g/mol. The van der Waals surface area contributed by atoms with Crippen LogP contribution in [0.5, 0.6) is 0 Å². The van der Waals surface area contributed by atoms with E-state index in [1.165, 1.54) is 30.7 Å². The standard InChI is InChI=1S/C11H17N5O3S/c1-5-6-12-10(17)8(2)20-11-13-14-15-16(11)7-9(18-3)19-4/h1,8-9H,6-7H2,2-4H3,(H,12,17). The van der Waals surface area contributed by atoms with Crippen LogP contribution in [0.2, 0.25) is 0 Å². The van der Waals surface area contributed by atoms with Crippen LogP contribution in [0.25, 0.3) is 0 Å². The van der Waals surface area contributed by atoms with Gasteiger partial charge in [0.25, 0.3) is 0 Å². The molecule has 0 fully saturated rings. The third-order valence-corrected chi connectivity index (χ3v) is 3.43. The van der Waals surface area contributed by atoms with Gasteiger partial charge in [0, 0.05) is 14.2 Å². The molecule has 1 atom stereocenters. The van der Waals surface area contributed by atoms with Crippen molar-refractivity contribution in [3.05, 3.63) is 0 Å². The van der Waals surface area contributed by atoms with Crippen LogP contribution in [0.4, 0.5) is 0 Å². The maximum atomic E-state index is 11.7. The number of ether oxygens (including phenoxy) is 2. The first-order chi connectivity index (χ1) is 9.62. The summed E-state index contributed by atoms with van der Waals surface area (Å²) < 4.78 is 11.7. The van der Waals surface area contributed by atoms with Gasteiger partial charge in [-0.1, -0.05) is 17.7 Å². The zero-order valence-corrected chi connectivity index (χ0v) is 12.4. The van der Waals surface area contributed by atoms with Crippen molar-refractivity contribution in [2.24, 2.45) is 0 Å². The second-order valence-corrected chi connectivity index (χ2v) is 5.03. The number of methoxy groups -OCH3 is 2. The molecule has 9 heteroatoms. The Morgan fingerprint density at radius 3 is 2.85 bits per heavy atom. The van der Waals surface area contributed by atoms with Gasteiger partial charge in [-0.05, 0) is 17.4 Å². The second kappa shape index (κ2) is 8.52. The van der Waals surface area contributed by atoms with Gasteiger partial charge in [0.1, 0.15) is 0 Å². The highest BCUT2D eigenvalue weighted by Crippen LogP contribution is 2.20. The third-order valence-electron chi connectivity index (χ3n) is 2.36. The number of aromatic nitrogens is 4. The minimum Gasteiger partial charge on any atom is -0.354 e. The average Bonchev–Trinajstić information content (AvgIpc) is 2.88. The van der Waals surface area contributed by atoms with Gasteiger partial charge in [0.15, 0.2) is 6.29 Å². The number of nitrogens with one attached hydrogen (secondary N) is 1. The van der Waals surface area contributed by atoms with Gasteiger partial charge >= 0.3 is 0 Å². The van der Waals surface area contributed by atoms with Gasteiger partial charge < -0.3 is 14.8 Å². The molecule has 1 rings (SSSR count). The molecule has 8 nitrogen and oxygen atoms in total. The van der Waals surface area contributed by atoms with Gasteiger partial charge in [-0.2, -0.15) is 0 Å². The zero-order chi connectivity index (χ0) is 15.0. The minimum absolute atomic E-state index is 0.169. The number of rotatable bonds is 8. The maximum Gasteiger partial charge on any atom is 0.234 e. The highest BCUT2D eigenvalue weighted by atomic mass is 32.2.